The third-order valence-corrected chi connectivity index (χ3v) is 4.45. The maximum atomic E-state index is 5.71. The fourth-order valence-electron chi connectivity index (χ4n) is 2.17. The largest absolute Gasteiger partial charge is 0.172 e. The first-order chi connectivity index (χ1) is 7.91. The van der Waals surface area contributed by atoms with Crippen molar-refractivity contribution in [2.24, 2.45) is 11.8 Å². The Morgan fingerprint density at radius 3 is 1.76 bits per heavy atom. The van der Waals surface area contributed by atoms with Gasteiger partial charge < -0.3 is 0 Å². The van der Waals surface area contributed by atoms with Gasteiger partial charge in [0.1, 0.15) is 0 Å². The molecule has 0 radical (unpaired) electrons. The average molecular weight is 257 g/mol. The number of unbranched alkanes of at least 4 members (excludes halogenated alkanes) is 1. The zero-order valence-electron chi connectivity index (χ0n) is 12.5. The normalized spacial score (nSPS) is 15.8. The molecule has 0 aliphatic heterocycles. The van der Waals surface area contributed by atoms with Crippen LogP contribution in [0.1, 0.15) is 54.4 Å². The highest BCUT2D eigenvalue weighted by Gasteiger charge is 2.28. The van der Waals surface area contributed by atoms with Gasteiger partial charge in [-0.2, -0.15) is 0 Å². The summed E-state index contributed by atoms with van der Waals surface area (Å²) >= 11 is 5.71. The minimum absolute atomic E-state index is 0.699. The summed E-state index contributed by atoms with van der Waals surface area (Å²) in [4.78, 5) is 0. The number of hydrogen-bond acceptors (Lipinski definition) is 0. The second-order valence-electron chi connectivity index (χ2n) is 6.04. The maximum absolute atomic E-state index is 5.71. The molecule has 0 amide bonds. The smallest absolute Gasteiger partial charge is 0.127 e. The van der Waals surface area contributed by atoms with E-state index in [0.29, 0.717) is 6.71 Å². The lowest BCUT2D eigenvalue weighted by atomic mass is 9.31. The number of hydrogen-bond donors (Lipinski definition) is 0. The SMILES string of the molecule is CC(C)C(C)B(/C=C/CCCCl)C(C)C(C)C. The lowest BCUT2D eigenvalue weighted by Gasteiger charge is -2.29. The predicted molar refractivity (Wildman–Crippen MR) is 83.4 cm³/mol. The third kappa shape index (κ3) is 6.55. The van der Waals surface area contributed by atoms with Crippen LogP contribution in [0.15, 0.2) is 12.1 Å². The van der Waals surface area contributed by atoms with E-state index in [1.165, 1.54) is 0 Å². The van der Waals surface area contributed by atoms with E-state index in [1.54, 1.807) is 0 Å². The van der Waals surface area contributed by atoms with Gasteiger partial charge in [0.25, 0.3) is 0 Å². The van der Waals surface area contributed by atoms with E-state index in [0.717, 1.165) is 42.2 Å². The molecule has 0 fully saturated rings. The van der Waals surface area contributed by atoms with E-state index in [2.05, 4.69) is 53.6 Å². The summed E-state index contributed by atoms with van der Waals surface area (Å²) in [6.45, 7) is 14.8. The highest BCUT2D eigenvalue weighted by molar-refractivity contribution is 6.67. The highest BCUT2D eigenvalue weighted by atomic mass is 35.5. The lowest BCUT2D eigenvalue weighted by Crippen LogP contribution is -2.28. The van der Waals surface area contributed by atoms with Gasteiger partial charge in [0.15, 0.2) is 6.71 Å². The van der Waals surface area contributed by atoms with Gasteiger partial charge in [-0.1, -0.05) is 71.1 Å². The Bertz CT molecular complexity index is 197. The Labute approximate surface area is 114 Å². The summed E-state index contributed by atoms with van der Waals surface area (Å²) in [6, 6.07) is 0. The van der Waals surface area contributed by atoms with E-state index < -0.39 is 0 Å². The molecule has 100 valence electrons. The van der Waals surface area contributed by atoms with Crippen molar-refractivity contribution < 1.29 is 0 Å². The van der Waals surface area contributed by atoms with Crippen LogP contribution >= 0.6 is 11.6 Å². The van der Waals surface area contributed by atoms with Gasteiger partial charge in [0.2, 0.25) is 0 Å². The fourth-order valence-corrected chi connectivity index (χ4v) is 2.32. The number of allylic oxidation sites excluding steroid dienone is 1. The Morgan fingerprint density at radius 2 is 1.41 bits per heavy atom. The maximum Gasteiger partial charge on any atom is 0.172 e. The van der Waals surface area contributed by atoms with Crippen molar-refractivity contribution in [2.75, 3.05) is 5.88 Å². The van der Waals surface area contributed by atoms with Crippen LogP contribution in [-0.4, -0.2) is 12.6 Å². The Morgan fingerprint density at radius 1 is 0.941 bits per heavy atom. The quantitative estimate of drug-likeness (QED) is 0.297. The molecule has 0 saturated heterocycles. The molecule has 2 heteroatoms. The van der Waals surface area contributed by atoms with Gasteiger partial charge >= 0.3 is 0 Å². The third-order valence-electron chi connectivity index (χ3n) is 4.18. The van der Waals surface area contributed by atoms with E-state index in [9.17, 15) is 0 Å². The van der Waals surface area contributed by atoms with Crippen molar-refractivity contribution in [3.05, 3.63) is 12.1 Å². The van der Waals surface area contributed by atoms with Gasteiger partial charge in [-0.25, -0.2) is 0 Å². The Balaban J connectivity index is 4.56. The summed E-state index contributed by atoms with van der Waals surface area (Å²) in [5.74, 6) is 6.22. The molecule has 0 spiro atoms. The molecular formula is C15H30BCl. The summed E-state index contributed by atoms with van der Waals surface area (Å²) in [7, 11) is 0. The number of rotatable bonds is 8. The molecule has 0 saturated carbocycles. The molecule has 0 aromatic heterocycles. The van der Waals surface area contributed by atoms with Crippen molar-refractivity contribution in [2.45, 2.75) is 66.0 Å². The van der Waals surface area contributed by atoms with Crippen LogP contribution in [0.25, 0.3) is 0 Å². The molecule has 0 nitrogen and oxygen atoms in total. The fraction of sp³-hybridized carbons (Fsp3) is 0.867. The molecule has 0 aliphatic rings. The van der Waals surface area contributed by atoms with Crippen molar-refractivity contribution in [3.8, 4) is 0 Å². The van der Waals surface area contributed by atoms with Crippen LogP contribution in [-0.2, 0) is 0 Å². The van der Waals surface area contributed by atoms with Gasteiger partial charge in [-0.3, -0.25) is 0 Å². The van der Waals surface area contributed by atoms with Crippen LogP contribution in [0.3, 0.4) is 0 Å². The standard InChI is InChI=1S/C15H30BCl/c1-12(2)14(5)16(15(6)13(3)4)10-8-7-9-11-17/h8,10,12-15H,7,9,11H2,1-6H3/b10-8+. The van der Waals surface area contributed by atoms with Crippen molar-refractivity contribution in [1.82, 2.24) is 0 Å². The van der Waals surface area contributed by atoms with Crippen molar-refractivity contribution in [3.63, 3.8) is 0 Å². The summed E-state index contributed by atoms with van der Waals surface area (Å²) < 4.78 is 0. The molecule has 17 heavy (non-hydrogen) atoms. The van der Waals surface area contributed by atoms with E-state index >= 15 is 0 Å². The minimum Gasteiger partial charge on any atom is -0.127 e. The Hall–Kier alpha value is 0.0949. The molecule has 0 aromatic rings. The number of alkyl halides is 1. The second kappa shape index (κ2) is 9.08. The molecule has 0 N–H and O–H groups in total. The monoisotopic (exact) mass is 256 g/mol. The van der Waals surface area contributed by atoms with E-state index in [1.807, 2.05) is 0 Å². The topological polar surface area (TPSA) is 0 Å². The average Bonchev–Trinajstić information content (AvgIpc) is 2.27. The molecule has 0 aromatic carbocycles. The van der Waals surface area contributed by atoms with Crippen LogP contribution in [0.4, 0.5) is 0 Å². The molecule has 2 atom stereocenters. The summed E-state index contributed by atoms with van der Waals surface area (Å²) in [5.41, 5.74) is 0. The summed E-state index contributed by atoms with van der Waals surface area (Å²) in [6.07, 6.45) is 4.55. The van der Waals surface area contributed by atoms with Gasteiger partial charge in [0.05, 0.1) is 0 Å². The van der Waals surface area contributed by atoms with Crippen LogP contribution < -0.4 is 0 Å². The summed E-state index contributed by atoms with van der Waals surface area (Å²) in [5, 5.41) is 0. The van der Waals surface area contributed by atoms with Gasteiger partial charge in [-0.15, -0.1) is 17.6 Å². The first kappa shape index (κ1) is 17.1. The van der Waals surface area contributed by atoms with Crippen LogP contribution in [0.5, 0.6) is 0 Å². The molecule has 0 rings (SSSR count). The molecular weight excluding hydrogens is 226 g/mol. The molecule has 0 aliphatic carbocycles. The molecule has 0 heterocycles. The lowest BCUT2D eigenvalue weighted by molar-refractivity contribution is 0.566. The highest BCUT2D eigenvalue weighted by Crippen LogP contribution is 2.33. The minimum atomic E-state index is 0.699. The molecule has 2 unspecified atom stereocenters. The molecule has 0 bridgehead atoms. The number of halogens is 1. The van der Waals surface area contributed by atoms with Crippen molar-refractivity contribution in [1.29, 1.82) is 0 Å². The zero-order chi connectivity index (χ0) is 13.4. The van der Waals surface area contributed by atoms with Gasteiger partial charge in [-0.05, 0) is 12.8 Å². The predicted octanol–water partition coefficient (Wildman–Crippen LogP) is 5.69. The first-order valence-electron chi connectivity index (χ1n) is 7.14. The van der Waals surface area contributed by atoms with Gasteiger partial charge in [0, 0.05) is 5.88 Å². The first-order valence-corrected chi connectivity index (χ1v) is 7.67. The second-order valence-corrected chi connectivity index (χ2v) is 6.42. The zero-order valence-corrected chi connectivity index (χ0v) is 13.3. The van der Waals surface area contributed by atoms with E-state index in [-0.39, 0.29) is 0 Å². The van der Waals surface area contributed by atoms with E-state index in [4.69, 9.17) is 11.6 Å². The Kier molecular flexibility index (Phi) is 9.13. The van der Waals surface area contributed by atoms with Crippen LogP contribution in [0.2, 0.25) is 11.6 Å². The van der Waals surface area contributed by atoms with Crippen molar-refractivity contribution >= 4 is 18.3 Å². The van der Waals surface area contributed by atoms with Crippen LogP contribution in [0, 0.1) is 11.8 Å².